The highest BCUT2D eigenvalue weighted by molar-refractivity contribution is 5.93. The van der Waals surface area contributed by atoms with Gasteiger partial charge in [0.2, 0.25) is 0 Å². The molecule has 1 saturated heterocycles. The molecule has 114 valence electrons. The van der Waals surface area contributed by atoms with Gasteiger partial charge in [0.15, 0.2) is 0 Å². The maximum atomic E-state index is 12.5. The molecular weight excluding hydrogens is 280 g/mol. The van der Waals surface area contributed by atoms with Gasteiger partial charge in [0.1, 0.15) is 5.69 Å². The van der Waals surface area contributed by atoms with Crippen molar-refractivity contribution in [1.29, 1.82) is 0 Å². The molecule has 2 aromatic rings. The van der Waals surface area contributed by atoms with E-state index in [0.717, 1.165) is 17.7 Å². The third kappa shape index (κ3) is 2.88. The molecule has 1 atom stereocenters. The van der Waals surface area contributed by atoms with Gasteiger partial charge in [-0.05, 0) is 30.5 Å². The number of aliphatic carboxylic acids is 1. The number of nitrogens with zero attached hydrogens (tertiary/aromatic N) is 1. The minimum Gasteiger partial charge on any atom is -0.481 e. The van der Waals surface area contributed by atoms with E-state index in [1.54, 1.807) is 11.0 Å². The van der Waals surface area contributed by atoms with Crippen LogP contribution in [-0.2, 0) is 4.79 Å². The van der Waals surface area contributed by atoms with E-state index in [2.05, 4.69) is 4.98 Å². The second kappa shape index (κ2) is 6.05. The number of benzene rings is 1. The second-order valence-electron chi connectivity index (χ2n) is 5.58. The first-order valence-electron chi connectivity index (χ1n) is 7.41. The molecule has 0 aliphatic carbocycles. The van der Waals surface area contributed by atoms with E-state index < -0.39 is 11.9 Å². The molecule has 0 bridgehead atoms. The highest BCUT2D eigenvalue weighted by Gasteiger charge is 2.29. The Balaban J connectivity index is 1.76. The van der Waals surface area contributed by atoms with Gasteiger partial charge in [-0.25, -0.2) is 0 Å². The van der Waals surface area contributed by atoms with Gasteiger partial charge >= 0.3 is 5.97 Å². The molecule has 22 heavy (non-hydrogen) atoms. The van der Waals surface area contributed by atoms with E-state index in [4.69, 9.17) is 5.11 Å². The number of aromatic nitrogens is 1. The summed E-state index contributed by atoms with van der Waals surface area (Å²) in [5.41, 5.74) is 2.41. The lowest BCUT2D eigenvalue weighted by Crippen LogP contribution is -2.42. The zero-order valence-corrected chi connectivity index (χ0v) is 12.2. The van der Waals surface area contributed by atoms with Crippen LogP contribution in [0.15, 0.2) is 42.5 Å². The van der Waals surface area contributed by atoms with E-state index in [0.29, 0.717) is 18.7 Å². The number of carbonyl (C=O) groups is 2. The molecule has 5 nitrogen and oxygen atoms in total. The summed E-state index contributed by atoms with van der Waals surface area (Å²) in [6.07, 6.45) is 1.37. The number of rotatable bonds is 3. The lowest BCUT2D eigenvalue weighted by atomic mass is 9.98. The molecule has 1 aromatic carbocycles. The molecule has 0 spiro atoms. The summed E-state index contributed by atoms with van der Waals surface area (Å²) in [5.74, 6) is -1.41. The van der Waals surface area contributed by atoms with Crippen LogP contribution in [0.5, 0.6) is 0 Å². The average molecular weight is 298 g/mol. The summed E-state index contributed by atoms with van der Waals surface area (Å²) < 4.78 is 0. The maximum Gasteiger partial charge on any atom is 0.308 e. The second-order valence-corrected chi connectivity index (χ2v) is 5.58. The first-order chi connectivity index (χ1) is 10.6. The summed E-state index contributed by atoms with van der Waals surface area (Å²) in [4.78, 5) is 28.4. The molecule has 0 unspecified atom stereocenters. The average Bonchev–Trinajstić information content (AvgIpc) is 3.05. The smallest absolute Gasteiger partial charge is 0.308 e. The van der Waals surface area contributed by atoms with Crippen LogP contribution in [0, 0.1) is 5.92 Å². The van der Waals surface area contributed by atoms with Crippen LogP contribution >= 0.6 is 0 Å². The van der Waals surface area contributed by atoms with Crippen molar-refractivity contribution in [2.45, 2.75) is 12.8 Å². The third-order valence-corrected chi connectivity index (χ3v) is 4.06. The number of carboxylic acids is 1. The van der Waals surface area contributed by atoms with Crippen LogP contribution in [0.25, 0.3) is 11.3 Å². The molecule has 0 radical (unpaired) electrons. The van der Waals surface area contributed by atoms with Gasteiger partial charge in [-0.2, -0.15) is 0 Å². The van der Waals surface area contributed by atoms with Gasteiger partial charge < -0.3 is 15.0 Å². The van der Waals surface area contributed by atoms with Gasteiger partial charge in [-0.1, -0.05) is 30.3 Å². The fraction of sp³-hybridized carbons (Fsp3) is 0.294. The molecule has 0 saturated carbocycles. The maximum absolute atomic E-state index is 12.5. The van der Waals surface area contributed by atoms with Crippen LogP contribution in [0.3, 0.4) is 0 Å². The van der Waals surface area contributed by atoms with Crippen LogP contribution < -0.4 is 0 Å². The Morgan fingerprint density at radius 1 is 1.14 bits per heavy atom. The van der Waals surface area contributed by atoms with Crippen molar-refractivity contribution in [3.63, 3.8) is 0 Å². The highest BCUT2D eigenvalue weighted by atomic mass is 16.4. The Hall–Kier alpha value is -2.56. The number of likely N-dealkylation sites (tertiary alicyclic amines) is 1. The highest BCUT2D eigenvalue weighted by Crippen LogP contribution is 2.21. The van der Waals surface area contributed by atoms with Crippen molar-refractivity contribution < 1.29 is 14.7 Å². The zero-order valence-electron chi connectivity index (χ0n) is 12.2. The monoisotopic (exact) mass is 298 g/mol. The molecule has 2 N–H and O–H groups in total. The minimum atomic E-state index is -0.825. The number of carbonyl (C=O) groups excluding carboxylic acids is 1. The molecule has 1 fully saturated rings. The summed E-state index contributed by atoms with van der Waals surface area (Å²) >= 11 is 0. The van der Waals surface area contributed by atoms with Crippen molar-refractivity contribution in [3.8, 4) is 11.3 Å². The van der Waals surface area contributed by atoms with Crippen LogP contribution in [-0.4, -0.2) is 40.0 Å². The van der Waals surface area contributed by atoms with Gasteiger partial charge in [-0.3, -0.25) is 9.59 Å². The summed E-state index contributed by atoms with van der Waals surface area (Å²) in [6, 6.07) is 13.4. The first-order valence-corrected chi connectivity index (χ1v) is 7.41. The predicted octanol–water partition coefficient (Wildman–Crippen LogP) is 2.62. The lowest BCUT2D eigenvalue weighted by Gasteiger charge is -2.30. The van der Waals surface area contributed by atoms with Crippen LogP contribution in [0.2, 0.25) is 0 Å². The molecule has 1 aliphatic heterocycles. The molecule has 1 amide bonds. The van der Waals surface area contributed by atoms with Crippen molar-refractivity contribution in [3.05, 3.63) is 48.2 Å². The molecule has 5 heteroatoms. The number of aromatic amines is 1. The summed E-state index contributed by atoms with van der Waals surface area (Å²) in [7, 11) is 0. The Morgan fingerprint density at radius 3 is 2.64 bits per heavy atom. The number of amides is 1. The van der Waals surface area contributed by atoms with E-state index in [9.17, 15) is 9.59 Å². The van der Waals surface area contributed by atoms with Gasteiger partial charge in [0.25, 0.3) is 5.91 Å². The lowest BCUT2D eigenvalue weighted by molar-refractivity contribution is -0.143. The van der Waals surface area contributed by atoms with Crippen molar-refractivity contribution in [2.75, 3.05) is 13.1 Å². The Bertz CT molecular complexity index is 678. The predicted molar refractivity (Wildman–Crippen MR) is 82.5 cm³/mol. The van der Waals surface area contributed by atoms with Gasteiger partial charge in [0.05, 0.1) is 5.92 Å². The molecule has 1 aromatic heterocycles. The Labute approximate surface area is 128 Å². The van der Waals surface area contributed by atoms with E-state index in [-0.39, 0.29) is 12.5 Å². The Kier molecular flexibility index (Phi) is 3.96. The van der Waals surface area contributed by atoms with E-state index >= 15 is 0 Å². The summed E-state index contributed by atoms with van der Waals surface area (Å²) in [6.45, 7) is 0.899. The number of nitrogens with one attached hydrogen (secondary N) is 1. The van der Waals surface area contributed by atoms with Crippen molar-refractivity contribution in [2.24, 2.45) is 5.92 Å². The fourth-order valence-corrected chi connectivity index (χ4v) is 2.84. The van der Waals surface area contributed by atoms with Crippen molar-refractivity contribution >= 4 is 11.9 Å². The molecule has 3 rings (SSSR count). The van der Waals surface area contributed by atoms with Crippen LogP contribution in [0.1, 0.15) is 23.3 Å². The summed E-state index contributed by atoms with van der Waals surface area (Å²) in [5, 5.41) is 9.12. The third-order valence-electron chi connectivity index (χ3n) is 4.06. The number of H-pyrrole nitrogens is 1. The molecular formula is C17H18N2O3. The van der Waals surface area contributed by atoms with E-state index in [1.165, 1.54) is 0 Å². The van der Waals surface area contributed by atoms with Crippen LogP contribution in [0.4, 0.5) is 0 Å². The Morgan fingerprint density at radius 2 is 1.91 bits per heavy atom. The largest absolute Gasteiger partial charge is 0.481 e. The standard InChI is InChI=1S/C17H18N2O3/c20-16(19-10-4-7-13(11-19)17(21)22)15-9-8-14(18-15)12-5-2-1-3-6-12/h1-3,5-6,8-9,13,18H,4,7,10-11H2,(H,21,22)/t13-/m1/s1. The molecule has 1 aliphatic rings. The van der Waals surface area contributed by atoms with E-state index in [1.807, 2.05) is 36.4 Å². The number of piperidine rings is 1. The fourth-order valence-electron chi connectivity index (χ4n) is 2.84. The SMILES string of the molecule is O=C(O)[C@@H]1CCCN(C(=O)c2ccc(-c3ccccc3)[nH]2)C1. The quantitative estimate of drug-likeness (QED) is 0.914. The topological polar surface area (TPSA) is 73.4 Å². The number of hydrogen-bond acceptors (Lipinski definition) is 2. The van der Waals surface area contributed by atoms with Gasteiger partial charge in [0, 0.05) is 18.8 Å². The number of carboxylic acid groups (broad SMARTS) is 1. The number of hydrogen-bond donors (Lipinski definition) is 2. The molecule has 2 heterocycles. The van der Waals surface area contributed by atoms with Crippen molar-refractivity contribution in [1.82, 2.24) is 9.88 Å². The minimum absolute atomic E-state index is 0.131. The normalized spacial score (nSPS) is 18.2. The first kappa shape index (κ1) is 14.4. The van der Waals surface area contributed by atoms with Gasteiger partial charge in [-0.15, -0.1) is 0 Å². The zero-order chi connectivity index (χ0) is 15.5.